The number of pyridine rings is 3. The molecule has 5 rings (SSSR count). The van der Waals surface area contributed by atoms with Gasteiger partial charge in [-0.05, 0) is 31.2 Å². The Kier molecular flexibility index (Phi) is 6.98. The van der Waals surface area contributed by atoms with Crippen molar-refractivity contribution in [2.45, 2.75) is 6.92 Å². The van der Waals surface area contributed by atoms with Crippen molar-refractivity contribution in [2.75, 3.05) is 19.5 Å². The largest absolute Gasteiger partial charge is 0.506 e. The second-order valence-electron chi connectivity index (χ2n) is 8.38. The molecule has 0 bridgehead atoms. The SMILES string of the molecule is COc1cc2nccc(Oc3ccc(NC(=O)c4c(C)ncc(-c5ccc(C=O)o5)c4O)cc3F)c2nc1OC. The number of halogens is 1. The van der Waals surface area contributed by atoms with E-state index in [0.29, 0.717) is 23.1 Å². The third-order valence-electron chi connectivity index (χ3n) is 5.91. The van der Waals surface area contributed by atoms with Crippen molar-refractivity contribution in [3.8, 4) is 40.2 Å². The molecule has 4 heterocycles. The van der Waals surface area contributed by atoms with Crippen LogP contribution in [-0.2, 0) is 0 Å². The lowest BCUT2D eigenvalue weighted by Crippen LogP contribution is -2.15. The van der Waals surface area contributed by atoms with E-state index >= 15 is 4.39 Å². The molecule has 12 heteroatoms. The number of anilines is 1. The number of methoxy groups -OCH3 is 2. The van der Waals surface area contributed by atoms with Gasteiger partial charge < -0.3 is 29.1 Å². The molecule has 0 spiro atoms. The Morgan fingerprint density at radius 1 is 1.05 bits per heavy atom. The normalized spacial score (nSPS) is 10.8. The van der Waals surface area contributed by atoms with E-state index in [0.717, 1.165) is 6.07 Å². The highest BCUT2D eigenvalue weighted by atomic mass is 19.1. The van der Waals surface area contributed by atoms with E-state index in [1.807, 2.05) is 0 Å². The van der Waals surface area contributed by atoms with E-state index in [4.69, 9.17) is 18.6 Å². The molecule has 0 saturated heterocycles. The van der Waals surface area contributed by atoms with Gasteiger partial charge in [0.2, 0.25) is 0 Å². The Morgan fingerprint density at radius 2 is 1.88 bits per heavy atom. The molecule has 40 heavy (non-hydrogen) atoms. The topological polar surface area (TPSA) is 146 Å². The van der Waals surface area contributed by atoms with Gasteiger partial charge in [0.05, 0.1) is 31.0 Å². The molecule has 0 saturated carbocycles. The highest BCUT2D eigenvalue weighted by molar-refractivity contribution is 6.08. The number of aromatic hydroxyl groups is 1. The molecule has 0 atom stereocenters. The number of nitrogens with one attached hydrogen (secondary N) is 1. The minimum atomic E-state index is -0.770. The molecule has 1 aromatic carbocycles. The van der Waals surface area contributed by atoms with Crippen LogP contribution in [0, 0.1) is 12.7 Å². The highest BCUT2D eigenvalue weighted by Crippen LogP contribution is 2.36. The molecule has 0 radical (unpaired) electrons. The smallest absolute Gasteiger partial charge is 0.261 e. The summed E-state index contributed by atoms with van der Waals surface area (Å²) in [7, 11) is 2.91. The van der Waals surface area contributed by atoms with Crippen LogP contribution in [0.4, 0.5) is 10.1 Å². The molecule has 2 N–H and O–H groups in total. The number of hydrogen-bond acceptors (Lipinski definition) is 10. The summed E-state index contributed by atoms with van der Waals surface area (Å²) in [6, 6.07) is 9.88. The number of nitrogens with zero attached hydrogens (tertiary/aromatic N) is 3. The average molecular weight is 544 g/mol. The maximum absolute atomic E-state index is 15.1. The van der Waals surface area contributed by atoms with E-state index in [1.165, 1.54) is 63.9 Å². The first-order chi connectivity index (χ1) is 19.3. The van der Waals surface area contributed by atoms with Crippen molar-refractivity contribution in [3.05, 3.63) is 77.7 Å². The quantitative estimate of drug-likeness (QED) is 0.246. The summed E-state index contributed by atoms with van der Waals surface area (Å²) in [5, 5.41) is 13.4. The summed E-state index contributed by atoms with van der Waals surface area (Å²) < 4.78 is 36.7. The van der Waals surface area contributed by atoms with Crippen molar-refractivity contribution in [3.63, 3.8) is 0 Å². The van der Waals surface area contributed by atoms with Gasteiger partial charge in [-0.15, -0.1) is 0 Å². The first-order valence-corrected chi connectivity index (χ1v) is 11.7. The summed E-state index contributed by atoms with van der Waals surface area (Å²) in [5.74, 6) is -1.02. The Morgan fingerprint density at radius 3 is 2.58 bits per heavy atom. The van der Waals surface area contributed by atoms with Crippen LogP contribution in [0.15, 0.2) is 59.3 Å². The number of aromatic nitrogens is 3. The summed E-state index contributed by atoms with van der Waals surface area (Å²) in [5.41, 5.74) is 1.08. The number of benzene rings is 1. The number of furan rings is 1. The van der Waals surface area contributed by atoms with Crippen LogP contribution >= 0.6 is 0 Å². The van der Waals surface area contributed by atoms with Crippen LogP contribution in [0.1, 0.15) is 26.6 Å². The van der Waals surface area contributed by atoms with E-state index in [-0.39, 0.29) is 51.4 Å². The Hall–Kier alpha value is -5.52. The van der Waals surface area contributed by atoms with Gasteiger partial charge >= 0.3 is 0 Å². The minimum absolute atomic E-state index is 0.0492. The number of hydrogen-bond donors (Lipinski definition) is 2. The number of aldehydes is 1. The number of rotatable bonds is 8. The summed E-state index contributed by atoms with van der Waals surface area (Å²) in [6.07, 6.45) is 3.32. The maximum Gasteiger partial charge on any atom is 0.261 e. The zero-order valence-electron chi connectivity index (χ0n) is 21.4. The van der Waals surface area contributed by atoms with Crippen LogP contribution < -0.4 is 19.5 Å². The lowest BCUT2D eigenvalue weighted by Gasteiger charge is -2.13. The minimum Gasteiger partial charge on any atom is -0.506 e. The molecular weight excluding hydrogens is 523 g/mol. The first kappa shape index (κ1) is 26.1. The number of aryl methyl sites for hydroxylation is 1. The summed E-state index contributed by atoms with van der Waals surface area (Å²) in [6.45, 7) is 1.53. The summed E-state index contributed by atoms with van der Waals surface area (Å²) in [4.78, 5) is 36.8. The third kappa shape index (κ3) is 4.85. The van der Waals surface area contributed by atoms with Crippen molar-refractivity contribution < 1.29 is 37.7 Å². The number of fused-ring (bicyclic) bond motifs is 1. The number of amides is 1. The van der Waals surface area contributed by atoms with Gasteiger partial charge in [-0.1, -0.05) is 0 Å². The number of ether oxygens (including phenoxy) is 3. The first-order valence-electron chi connectivity index (χ1n) is 11.7. The Balaban J connectivity index is 1.40. The van der Waals surface area contributed by atoms with Gasteiger partial charge in [-0.25, -0.2) is 9.37 Å². The maximum atomic E-state index is 15.1. The lowest BCUT2D eigenvalue weighted by atomic mass is 10.1. The molecule has 0 aliphatic rings. The third-order valence-corrected chi connectivity index (χ3v) is 5.91. The van der Waals surface area contributed by atoms with Crippen molar-refractivity contribution >= 4 is 28.9 Å². The molecule has 4 aromatic heterocycles. The second kappa shape index (κ2) is 10.7. The van der Waals surface area contributed by atoms with E-state index in [1.54, 1.807) is 6.07 Å². The van der Waals surface area contributed by atoms with Crippen LogP contribution in [-0.4, -0.2) is 46.5 Å². The second-order valence-corrected chi connectivity index (χ2v) is 8.38. The fourth-order valence-electron chi connectivity index (χ4n) is 3.97. The number of carbonyl (C=O) groups excluding carboxylic acids is 2. The average Bonchev–Trinajstić information content (AvgIpc) is 3.43. The van der Waals surface area contributed by atoms with Gasteiger partial charge in [0.1, 0.15) is 22.6 Å². The van der Waals surface area contributed by atoms with Gasteiger partial charge in [-0.2, -0.15) is 0 Å². The zero-order valence-corrected chi connectivity index (χ0v) is 21.4. The molecule has 1 amide bonds. The van der Waals surface area contributed by atoms with Gasteiger partial charge in [0.15, 0.2) is 35.1 Å². The fourth-order valence-corrected chi connectivity index (χ4v) is 3.97. The molecule has 0 unspecified atom stereocenters. The van der Waals surface area contributed by atoms with E-state index < -0.39 is 17.5 Å². The highest BCUT2D eigenvalue weighted by Gasteiger charge is 2.22. The van der Waals surface area contributed by atoms with E-state index in [9.17, 15) is 14.7 Å². The van der Waals surface area contributed by atoms with E-state index in [2.05, 4.69) is 20.3 Å². The molecule has 202 valence electrons. The molecule has 5 aromatic rings. The van der Waals surface area contributed by atoms with Crippen LogP contribution in [0.5, 0.6) is 28.9 Å². The Labute approximate surface area is 226 Å². The molecular formula is C28H21FN4O7. The Bertz CT molecular complexity index is 1770. The van der Waals surface area contributed by atoms with Crippen LogP contribution in [0.3, 0.4) is 0 Å². The predicted octanol–water partition coefficient (Wildman–Crippen LogP) is 5.31. The molecule has 11 nitrogen and oxygen atoms in total. The van der Waals surface area contributed by atoms with Gasteiger partial charge in [0.25, 0.3) is 11.8 Å². The standard InChI is InChI=1S/C28H21FN4O7/c1-14-24(26(35)17(12-31-14)20-7-5-16(13-34)39-20)27(36)32-15-4-6-21(18(29)10-15)40-22-8-9-30-19-11-23(37-2)28(38-3)33-25(19)22/h4-13H,1-3H3,(H,31,35)(H,32,36). The molecule has 0 aliphatic carbocycles. The van der Waals surface area contributed by atoms with Crippen molar-refractivity contribution in [1.29, 1.82) is 0 Å². The van der Waals surface area contributed by atoms with Gasteiger partial charge in [0, 0.05) is 36.3 Å². The summed E-state index contributed by atoms with van der Waals surface area (Å²) >= 11 is 0. The fraction of sp³-hybridized carbons (Fsp3) is 0.107. The van der Waals surface area contributed by atoms with Gasteiger partial charge in [-0.3, -0.25) is 19.6 Å². The predicted molar refractivity (Wildman–Crippen MR) is 141 cm³/mol. The van der Waals surface area contributed by atoms with Crippen molar-refractivity contribution in [1.82, 2.24) is 15.0 Å². The lowest BCUT2D eigenvalue weighted by molar-refractivity contribution is 0.102. The zero-order chi connectivity index (χ0) is 28.4. The van der Waals surface area contributed by atoms with Crippen LogP contribution in [0.25, 0.3) is 22.4 Å². The van der Waals surface area contributed by atoms with Crippen molar-refractivity contribution in [2.24, 2.45) is 0 Å². The molecule has 0 fully saturated rings. The number of carbonyl (C=O) groups is 2. The van der Waals surface area contributed by atoms with Crippen LogP contribution in [0.2, 0.25) is 0 Å². The monoisotopic (exact) mass is 544 g/mol. The molecule has 0 aliphatic heterocycles.